The molecule has 1 rings (SSSR count). The molecule has 0 radical (unpaired) electrons. The summed E-state index contributed by atoms with van der Waals surface area (Å²) in [5.41, 5.74) is 0. The van der Waals surface area contributed by atoms with Crippen molar-refractivity contribution in [1.82, 2.24) is 4.72 Å². The van der Waals surface area contributed by atoms with E-state index in [2.05, 4.69) is 4.72 Å². The summed E-state index contributed by atoms with van der Waals surface area (Å²) >= 11 is 0. The van der Waals surface area contributed by atoms with Gasteiger partial charge < -0.3 is 14.2 Å². The summed E-state index contributed by atoms with van der Waals surface area (Å²) in [4.78, 5) is 0. The van der Waals surface area contributed by atoms with Crippen LogP contribution in [0.4, 0.5) is 0 Å². The van der Waals surface area contributed by atoms with Gasteiger partial charge in [-0.15, -0.1) is 0 Å². The van der Waals surface area contributed by atoms with Gasteiger partial charge in [0.15, 0.2) is 0 Å². The summed E-state index contributed by atoms with van der Waals surface area (Å²) in [7, 11) is -3.22. The Hall–Kier alpha value is -0.210. The van der Waals surface area contributed by atoms with Crippen LogP contribution in [0.5, 0.6) is 0 Å². The maximum absolute atomic E-state index is 11.8. The first-order chi connectivity index (χ1) is 10.0. The highest BCUT2D eigenvalue weighted by atomic mass is 32.2. The molecular weight excluding hydrogens is 294 g/mol. The van der Waals surface area contributed by atoms with Gasteiger partial charge in [0, 0.05) is 26.4 Å². The monoisotopic (exact) mass is 323 g/mol. The molecular formula is C14H29NO5S. The molecule has 0 aliphatic carbocycles. The van der Waals surface area contributed by atoms with Crippen LogP contribution in [-0.4, -0.2) is 59.9 Å². The van der Waals surface area contributed by atoms with Crippen molar-refractivity contribution in [1.29, 1.82) is 0 Å². The molecule has 0 unspecified atom stereocenters. The van der Waals surface area contributed by atoms with Crippen molar-refractivity contribution < 1.29 is 22.6 Å². The summed E-state index contributed by atoms with van der Waals surface area (Å²) in [5, 5.41) is 0. The fourth-order valence-electron chi connectivity index (χ4n) is 2.19. The largest absolute Gasteiger partial charge is 0.381 e. The van der Waals surface area contributed by atoms with Gasteiger partial charge in [0.25, 0.3) is 0 Å². The van der Waals surface area contributed by atoms with Crippen LogP contribution < -0.4 is 4.72 Å². The first-order valence-corrected chi connectivity index (χ1v) is 9.43. The highest BCUT2D eigenvalue weighted by Gasteiger charge is 2.16. The third-order valence-electron chi connectivity index (χ3n) is 3.23. The second kappa shape index (κ2) is 10.5. The first-order valence-electron chi connectivity index (χ1n) is 7.78. The van der Waals surface area contributed by atoms with Crippen molar-refractivity contribution in [2.75, 3.05) is 45.3 Å². The van der Waals surface area contributed by atoms with Crippen LogP contribution in [0.2, 0.25) is 0 Å². The zero-order valence-corrected chi connectivity index (χ0v) is 14.0. The van der Waals surface area contributed by atoms with Gasteiger partial charge in [-0.3, -0.25) is 0 Å². The lowest BCUT2D eigenvalue weighted by atomic mass is 10.2. The van der Waals surface area contributed by atoms with E-state index in [1.807, 2.05) is 13.8 Å². The fourth-order valence-corrected chi connectivity index (χ4v) is 3.61. The summed E-state index contributed by atoms with van der Waals surface area (Å²) in [6, 6.07) is 0. The summed E-state index contributed by atoms with van der Waals surface area (Å²) in [6.45, 7) is 7.26. The maximum Gasteiger partial charge on any atom is 0.211 e. The Morgan fingerprint density at radius 3 is 2.86 bits per heavy atom. The zero-order valence-electron chi connectivity index (χ0n) is 13.2. The minimum absolute atomic E-state index is 0.00165. The molecule has 0 saturated carbocycles. The van der Waals surface area contributed by atoms with Gasteiger partial charge in [0.2, 0.25) is 10.0 Å². The second-order valence-corrected chi connectivity index (χ2v) is 7.36. The number of hydrogen-bond acceptors (Lipinski definition) is 5. The predicted octanol–water partition coefficient (Wildman–Crippen LogP) is 1.16. The van der Waals surface area contributed by atoms with E-state index < -0.39 is 10.0 Å². The number of sulfonamides is 1. The van der Waals surface area contributed by atoms with Crippen molar-refractivity contribution in [2.45, 2.75) is 39.2 Å². The van der Waals surface area contributed by atoms with E-state index >= 15 is 0 Å². The van der Waals surface area contributed by atoms with E-state index in [0.29, 0.717) is 39.4 Å². The molecule has 0 aromatic heterocycles. The summed E-state index contributed by atoms with van der Waals surface area (Å²) < 4.78 is 42.4. The minimum atomic E-state index is -3.22. The third-order valence-corrected chi connectivity index (χ3v) is 4.88. The summed E-state index contributed by atoms with van der Waals surface area (Å²) in [6.07, 6.45) is 3.06. The number of ether oxygens (including phenoxy) is 3. The second-order valence-electron chi connectivity index (χ2n) is 5.50. The molecule has 1 aliphatic heterocycles. The van der Waals surface area contributed by atoms with E-state index in [0.717, 1.165) is 19.4 Å². The Balaban J connectivity index is 2.01. The van der Waals surface area contributed by atoms with Gasteiger partial charge in [0.05, 0.1) is 25.1 Å². The zero-order chi connectivity index (χ0) is 15.6. The standard InChI is InChI=1S/C14H29NO5S/c1-3-18-10-13(2)12-21(16,17)15-7-5-8-19-11-14-6-4-9-20-14/h13-15H,3-12H2,1-2H3/t13-,14+/m0/s1. The van der Waals surface area contributed by atoms with Crippen molar-refractivity contribution in [3.8, 4) is 0 Å². The molecule has 2 atom stereocenters. The van der Waals surface area contributed by atoms with Crippen LogP contribution in [0, 0.1) is 5.92 Å². The van der Waals surface area contributed by atoms with E-state index in [1.165, 1.54) is 0 Å². The van der Waals surface area contributed by atoms with Gasteiger partial charge in [-0.2, -0.15) is 0 Å². The van der Waals surface area contributed by atoms with E-state index in [-0.39, 0.29) is 17.8 Å². The van der Waals surface area contributed by atoms with Crippen molar-refractivity contribution >= 4 is 10.0 Å². The highest BCUT2D eigenvalue weighted by Crippen LogP contribution is 2.11. The van der Waals surface area contributed by atoms with Crippen LogP contribution >= 0.6 is 0 Å². The average Bonchev–Trinajstić information content (AvgIpc) is 2.93. The molecule has 1 heterocycles. The number of hydrogen-bond donors (Lipinski definition) is 1. The van der Waals surface area contributed by atoms with Crippen molar-refractivity contribution in [2.24, 2.45) is 5.92 Å². The SMILES string of the molecule is CCOC[C@H](C)CS(=O)(=O)NCCCOC[C@H]1CCCO1. The van der Waals surface area contributed by atoms with Crippen LogP contribution in [0.15, 0.2) is 0 Å². The highest BCUT2D eigenvalue weighted by molar-refractivity contribution is 7.89. The number of rotatable bonds is 12. The lowest BCUT2D eigenvalue weighted by Gasteiger charge is -2.13. The van der Waals surface area contributed by atoms with Crippen LogP contribution in [0.1, 0.15) is 33.1 Å². The minimum Gasteiger partial charge on any atom is -0.381 e. The molecule has 126 valence electrons. The predicted molar refractivity (Wildman–Crippen MR) is 81.9 cm³/mol. The molecule has 0 aromatic rings. The van der Waals surface area contributed by atoms with Crippen molar-refractivity contribution in [3.63, 3.8) is 0 Å². The molecule has 0 bridgehead atoms. The van der Waals surface area contributed by atoms with Gasteiger partial charge in [-0.1, -0.05) is 6.92 Å². The number of nitrogens with one attached hydrogen (secondary N) is 1. The third kappa shape index (κ3) is 9.42. The summed E-state index contributed by atoms with van der Waals surface area (Å²) in [5.74, 6) is 0.0993. The van der Waals surface area contributed by atoms with Crippen LogP contribution in [0.3, 0.4) is 0 Å². The molecule has 6 nitrogen and oxygen atoms in total. The normalized spacial score (nSPS) is 20.8. The van der Waals surface area contributed by atoms with Crippen molar-refractivity contribution in [3.05, 3.63) is 0 Å². The van der Waals surface area contributed by atoms with Gasteiger partial charge in [-0.05, 0) is 32.1 Å². The van der Waals surface area contributed by atoms with E-state index in [4.69, 9.17) is 14.2 Å². The molecule has 1 fully saturated rings. The van der Waals surface area contributed by atoms with Gasteiger partial charge in [-0.25, -0.2) is 13.1 Å². The van der Waals surface area contributed by atoms with E-state index in [1.54, 1.807) is 0 Å². The topological polar surface area (TPSA) is 73.9 Å². The molecule has 1 N–H and O–H groups in total. The van der Waals surface area contributed by atoms with Crippen LogP contribution in [0.25, 0.3) is 0 Å². The fraction of sp³-hybridized carbons (Fsp3) is 1.00. The molecule has 1 aliphatic rings. The van der Waals surface area contributed by atoms with Crippen LogP contribution in [-0.2, 0) is 24.2 Å². The quantitative estimate of drug-likeness (QED) is 0.546. The average molecular weight is 323 g/mol. The van der Waals surface area contributed by atoms with Gasteiger partial charge in [0.1, 0.15) is 0 Å². The Bertz CT molecular complexity index is 354. The van der Waals surface area contributed by atoms with E-state index in [9.17, 15) is 8.42 Å². The molecule has 0 spiro atoms. The molecule has 21 heavy (non-hydrogen) atoms. The lowest BCUT2D eigenvalue weighted by Crippen LogP contribution is -2.31. The molecule has 0 amide bonds. The maximum atomic E-state index is 11.8. The Kier molecular flexibility index (Phi) is 9.42. The molecule has 1 saturated heterocycles. The lowest BCUT2D eigenvalue weighted by molar-refractivity contribution is 0.0169. The molecule has 7 heteroatoms. The first kappa shape index (κ1) is 18.8. The van der Waals surface area contributed by atoms with Gasteiger partial charge >= 0.3 is 0 Å². The Labute approximate surface area is 128 Å². The smallest absolute Gasteiger partial charge is 0.211 e. The Morgan fingerprint density at radius 2 is 2.19 bits per heavy atom. The Morgan fingerprint density at radius 1 is 1.38 bits per heavy atom. The molecule has 0 aromatic carbocycles.